The lowest BCUT2D eigenvalue weighted by Crippen LogP contribution is -2.35. The van der Waals surface area contributed by atoms with Crippen LogP contribution in [-0.2, 0) is 4.79 Å². The molecule has 0 bridgehead atoms. The number of anilines is 1. The van der Waals surface area contributed by atoms with Gasteiger partial charge >= 0.3 is 0 Å². The van der Waals surface area contributed by atoms with Crippen molar-refractivity contribution in [2.45, 2.75) is 13.8 Å². The van der Waals surface area contributed by atoms with Crippen LogP contribution in [0.15, 0.2) is 60.7 Å². The van der Waals surface area contributed by atoms with E-state index in [4.69, 9.17) is 0 Å². The van der Waals surface area contributed by atoms with Gasteiger partial charge in [-0.1, -0.05) is 42.5 Å². The van der Waals surface area contributed by atoms with Crippen molar-refractivity contribution in [3.05, 3.63) is 77.4 Å². The number of hydrogen-bond donors (Lipinski definition) is 1. The van der Waals surface area contributed by atoms with Gasteiger partial charge in [0.15, 0.2) is 0 Å². The highest BCUT2D eigenvalue weighted by Gasteiger charge is 2.16. The number of hydrogen-bond acceptors (Lipinski definition) is 2. The summed E-state index contributed by atoms with van der Waals surface area (Å²) in [5.74, 6) is -0.387. The molecule has 0 aliphatic carbocycles. The Morgan fingerprint density at radius 3 is 2.42 bits per heavy atom. The van der Waals surface area contributed by atoms with Crippen LogP contribution < -0.4 is 5.32 Å². The Morgan fingerprint density at radius 2 is 1.65 bits per heavy atom. The largest absolute Gasteiger partial charge is 0.332 e. The van der Waals surface area contributed by atoms with Crippen LogP contribution >= 0.6 is 0 Å². The van der Waals surface area contributed by atoms with Crippen LogP contribution in [0.4, 0.5) is 5.69 Å². The minimum absolute atomic E-state index is 0.000950. The molecule has 0 heterocycles. The van der Waals surface area contributed by atoms with Gasteiger partial charge in [-0.15, -0.1) is 0 Å². The molecule has 0 fully saturated rings. The first-order valence-corrected chi connectivity index (χ1v) is 8.56. The van der Waals surface area contributed by atoms with Crippen LogP contribution in [0.25, 0.3) is 10.8 Å². The van der Waals surface area contributed by atoms with E-state index in [0.29, 0.717) is 5.56 Å². The van der Waals surface area contributed by atoms with Gasteiger partial charge in [0.2, 0.25) is 5.91 Å². The second-order valence-electron chi connectivity index (χ2n) is 6.52. The number of benzene rings is 3. The molecule has 0 aromatic heterocycles. The summed E-state index contributed by atoms with van der Waals surface area (Å²) >= 11 is 0. The third-order valence-corrected chi connectivity index (χ3v) is 4.60. The van der Waals surface area contributed by atoms with Crippen LogP contribution in [0.2, 0.25) is 0 Å². The van der Waals surface area contributed by atoms with Crippen LogP contribution in [0, 0.1) is 13.8 Å². The van der Waals surface area contributed by atoms with E-state index in [1.807, 2.05) is 68.4 Å². The minimum Gasteiger partial charge on any atom is -0.332 e. The quantitative estimate of drug-likeness (QED) is 0.771. The highest BCUT2D eigenvalue weighted by atomic mass is 16.2. The number of fused-ring (bicyclic) bond motifs is 1. The fourth-order valence-electron chi connectivity index (χ4n) is 2.91. The SMILES string of the molecule is Cc1cccc(NC(=O)CN(C)C(=O)c2ccc3ccccc3c2)c1C. The van der Waals surface area contributed by atoms with Gasteiger partial charge in [0.05, 0.1) is 6.54 Å². The molecule has 0 saturated heterocycles. The monoisotopic (exact) mass is 346 g/mol. The minimum atomic E-state index is -0.213. The third kappa shape index (κ3) is 3.75. The Kier molecular flexibility index (Phi) is 5.03. The standard InChI is InChI=1S/C22H22N2O2/c1-15-7-6-10-20(16(15)2)23-21(25)14-24(3)22(26)19-12-11-17-8-4-5-9-18(17)13-19/h4-13H,14H2,1-3H3,(H,23,25). The molecule has 3 rings (SSSR count). The van der Waals surface area contributed by atoms with Crippen molar-refractivity contribution >= 4 is 28.3 Å². The average Bonchev–Trinajstić information content (AvgIpc) is 2.64. The summed E-state index contributed by atoms with van der Waals surface area (Å²) in [6.45, 7) is 3.97. The van der Waals surface area contributed by atoms with Crippen molar-refractivity contribution in [1.29, 1.82) is 0 Å². The summed E-state index contributed by atoms with van der Waals surface area (Å²) in [5, 5.41) is 4.97. The number of carbonyl (C=O) groups excluding carboxylic acids is 2. The highest BCUT2D eigenvalue weighted by molar-refractivity contribution is 6.01. The van der Waals surface area contributed by atoms with Crippen LogP contribution in [-0.4, -0.2) is 30.3 Å². The maximum atomic E-state index is 12.6. The van der Waals surface area contributed by atoms with Gasteiger partial charge in [-0.3, -0.25) is 9.59 Å². The van der Waals surface area contributed by atoms with E-state index in [2.05, 4.69) is 5.32 Å². The Balaban J connectivity index is 1.69. The van der Waals surface area contributed by atoms with E-state index in [1.165, 1.54) is 4.90 Å². The van der Waals surface area contributed by atoms with Gasteiger partial charge in [-0.05, 0) is 53.9 Å². The van der Waals surface area contributed by atoms with Crippen molar-refractivity contribution < 1.29 is 9.59 Å². The maximum Gasteiger partial charge on any atom is 0.254 e. The van der Waals surface area contributed by atoms with Gasteiger partial charge in [-0.2, -0.15) is 0 Å². The molecule has 0 saturated carbocycles. The van der Waals surface area contributed by atoms with Gasteiger partial charge in [0.25, 0.3) is 5.91 Å². The Morgan fingerprint density at radius 1 is 0.923 bits per heavy atom. The second kappa shape index (κ2) is 7.40. The summed E-state index contributed by atoms with van der Waals surface area (Å²) in [6.07, 6.45) is 0. The molecule has 4 nitrogen and oxygen atoms in total. The summed E-state index contributed by atoms with van der Waals surface area (Å²) < 4.78 is 0. The van der Waals surface area contributed by atoms with Crippen LogP contribution in [0.3, 0.4) is 0 Å². The van der Waals surface area contributed by atoms with Crippen molar-refractivity contribution in [3.63, 3.8) is 0 Å². The lowest BCUT2D eigenvalue weighted by Gasteiger charge is -2.18. The van der Waals surface area contributed by atoms with Crippen molar-refractivity contribution in [3.8, 4) is 0 Å². The number of nitrogens with zero attached hydrogens (tertiary/aromatic N) is 1. The number of nitrogens with one attached hydrogen (secondary N) is 1. The van der Waals surface area contributed by atoms with E-state index < -0.39 is 0 Å². The smallest absolute Gasteiger partial charge is 0.254 e. The topological polar surface area (TPSA) is 49.4 Å². The number of rotatable bonds is 4. The summed E-state index contributed by atoms with van der Waals surface area (Å²) in [6, 6.07) is 19.2. The predicted molar refractivity (Wildman–Crippen MR) is 105 cm³/mol. The van der Waals surface area contributed by atoms with E-state index in [0.717, 1.165) is 27.6 Å². The normalized spacial score (nSPS) is 10.6. The molecule has 26 heavy (non-hydrogen) atoms. The second-order valence-corrected chi connectivity index (χ2v) is 6.52. The zero-order valence-corrected chi connectivity index (χ0v) is 15.2. The molecular weight excluding hydrogens is 324 g/mol. The molecule has 2 amide bonds. The number of likely N-dealkylation sites (N-methyl/N-ethyl adjacent to an activating group) is 1. The van der Waals surface area contributed by atoms with Gasteiger partial charge in [0, 0.05) is 18.3 Å². The lowest BCUT2D eigenvalue weighted by atomic mass is 10.1. The van der Waals surface area contributed by atoms with E-state index in [1.54, 1.807) is 13.1 Å². The molecule has 3 aromatic rings. The third-order valence-electron chi connectivity index (χ3n) is 4.60. The van der Waals surface area contributed by atoms with E-state index in [9.17, 15) is 9.59 Å². The number of carbonyl (C=O) groups is 2. The van der Waals surface area contributed by atoms with Crippen molar-refractivity contribution in [1.82, 2.24) is 4.90 Å². The molecule has 0 atom stereocenters. The molecule has 4 heteroatoms. The molecule has 0 aliphatic heterocycles. The first-order chi connectivity index (χ1) is 12.5. The Labute approximate surface area is 153 Å². The summed E-state index contributed by atoms with van der Waals surface area (Å²) in [4.78, 5) is 26.4. The first kappa shape index (κ1) is 17.7. The van der Waals surface area contributed by atoms with E-state index in [-0.39, 0.29) is 18.4 Å². The Bertz CT molecular complexity index is 979. The molecular formula is C22H22N2O2. The Hall–Kier alpha value is -3.14. The average molecular weight is 346 g/mol. The lowest BCUT2D eigenvalue weighted by molar-refractivity contribution is -0.116. The highest BCUT2D eigenvalue weighted by Crippen LogP contribution is 2.19. The molecule has 3 aromatic carbocycles. The fourth-order valence-corrected chi connectivity index (χ4v) is 2.91. The molecule has 0 radical (unpaired) electrons. The van der Waals surface area contributed by atoms with Crippen molar-refractivity contribution in [2.24, 2.45) is 0 Å². The summed E-state index contributed by atoms with van der Waals surface area (Å²) in [5.41, 5.74) is 3.50. The van der Waals surface area contributed by atoms with Gasteiger partial charge < -0.3 is 10.2 Å². The molecule has 1 N–H and O–H groups in total. The summed E-state index contributed by atoms with van der Waals surface area (Å²) in [7, 11) is 1.64. The van der Waals surface area contributed by atoms with Crippen molar-refractivity contribution in [2.75, 3.05) is 18.9 Å². The van der Waals surface area contributed by atoms with Gasteiger partial charge in [0.1, 0.15) is 0 Å². The first-order valence-electron chi connectivity index (χ1n) is 8.56. The maximum absolute atomic E-state index is 12.6. The number of amides is 2. The zero-order chi connectivity index (χ0) is 18.7. The number of aryl methyl sites for hydroxylation is 1. The molecule has 0 aliphatic rings. The van der Waals surface area contributed by atoms with Crippen LogP contribution in [0.5, 0.6) is 0 Å². The van der Waals surface area contributed by atoms with Crippen LogP contribution in [0.1, 0.15) is 21.5 Å². The molecule has 132 valence electrons. The molecule has 0 spiro atoms. The van der Waals surface area contributed by atoms with E-state index >= 15 is 0 Å². The predicted octanol–water partition coefficient (Wildman–Crippen LogP) is 4.17. The molecule has 0 unspecified atom stereocenters. The van der Waals surface area contributed by atoms with Gasteiger partial charge in [-0.25, -0.2) is 0 Å². The zero-order valence-electron chi connectivity index (χ0n) is 15.2. The fraction of sp³-hybridized carbons (Fsp3) is 0.182.